The Balaban J connectivity index is 4.52. The molecule has 58 heavy (non-hydrogen) atoms. The first-order chi connectivity index (χ1) is 28.0. The SMILES string of the molecule is CC/C=C\C/C=C\C/C=C\C/C=C\CCCCC(=O)OC[C@H](COP(=O)(O)OCC[N+](C)(C)C)OC(=O)CCCCC/C=C\C/C=C\C/C=C\C/C=C\CCCCC. The summed E-state index contributed by atoms with van der Waals surface area (Å²) in [6.07, 6.45) is 51.7. The first-order valence-electron chi connectivity index (χ1n) is 22.0. The van der Waals surface area contributed by atoms with Crippen molar-refractivity contribution < 1.29 is 42.1 Å². The molecule has 0 aliphatic rings. The van der Waals surface area contributed by atoms with E-state index in [0.29, 0.717) is 23.9 Å². The number of hydrogen-bond acceptors (Lipinski definition) is 7. The van der Waals surface area contributed by atoms with Crippen LogP contribution in [0.1, 0.15) is 142 Å². The van der Waals surface area contributed by atoms with Crippen LogP contribution in [0.5, 0.6) is 0 Å². The van der Waals surface area contributed by atoms with Crippen molar-refractivity contribution in [3.63, 3.8) is 0 Å². The summed E-state index contributed by atoms with van der Waals surface area (Å²) in [4.78, 5) is 35.3. The highest BCUT2D eigenvalue weighted by Crippen LogP contribution is 2.43. The summed E-state index contributed by atoms with van der Waals surface area (Å²) in [7, 11) is 1.41. The second kappa shape index (κ2) is 39.4. The lowest BCUT2D eigenvalue weighted by Crippen LogP contribution is -2.37. The van der Waals surface area contributed by atoms with Crippen LogP contribution >= 0.6 is 7.82 Å². The molecule has 0 aliphatic heterocycles. The number of carbonyl (C=O) groups is 2. The van der Waals surface area contributed by atoms with Gasteiger partial charge >= 0.3 is 19.8 Å². The molecule has 1 N–H and O–H groups in total. The van der Waals surface area contributed by atoms with Gasteiger partial charge in [0.2, 0.25) is 0 Å². The second-order valence-electron chi connectivity index (χ2n) is 15.3. The van der Waals surface area contributed by atoms with Gasteiger partial charge in [-0.3, -0.25) is 18.6 Å². The average Bonchev–Trinajstić information content (AvgIpc) is 3.17. The third-order valence-electron chi connectivity index (χ3n) is 8.60. The first-order valence-corrected chi connectivity index (χ1v) is 23.5. The van der Waals surface area contributed by atoms with Crippen molar-refractivity contribution in [2.24, 2.45) is 0 Å². The molecule has 0 radical (unpaired) electrons. The van der Waals surface area contributed by atoms with Crippen molar-refractivity contribution in [2.45, 2.75) is 148 Å². The molecule has 0 saturated carbocycles. The number of phosphoric ester groups is 1. The molecule has 0 spiro atoms. The number of carbonyl (C=O) groups excluding carboxylic acids is 2. The van der Waals surface area contributed by atoms with Crippen LogP contribution in [0.3, 0.4) is 0 Å². The summed E-state index contributed by atoms with van der Waals surface area (Å²) in [6, 6.07) is 0. The van der Waals surface area contributed by atoms with Crippen molar-refractivity contribution in [2.75, 3.05) is 47.5 Å². The Morgan fingerprint density at radius 1 is 0.552 bits per heavy atom. The van der Waals surface area contributed by atoms with Gasteiger partial charge in [0.15, 0.2) is 6.10 Å². The third-order valence-corrected chi connectivity index (χ3v) is 9.58. The summed E-state index contributed by atoms with van der Waals surface area (Å²) in [5.74, 6) is -0.895. The van der Waals surface area contributed by atoms with Crippen molar-refractivity contribution in [3.05, 3.63) is 97.2 Å². The molecule has 0 aromatic carbocycles. The second-order valence-corrected chi connectivity index (χ2v) is 16.8. The Bertz CT molecular complexity index is 1300. The van der Waals surface area contributed by atoms with Gasteiger partial charge in [0.25, 0.3) is 0 Å². The van der Waals surface area contributed by atoms with Crippen molar-refractivity contribution in [1.82, 2.24) is 0 Å². The van der Waals surface area contributed by atoms with Crippen LogP contribution in [-0.4, -0.2) is 74.9 Å². The maximum absolute atomic E-state index is 12.7. The summed E-state index contributed by atoms with van der Waals surface area (Å²) in [5.41, 5.74) is 0. The smallest absolute Gasteiger partial charge is 0.462 e. The van der Waals surface area contributed by atoms with Gasteiger partial charge in [-0.1, -0.05) is 130 Å². The largest absolute Gasteiger partial charge is 0.472 e. The van der Waals surface area contributed by atoms with Gasteiger partial charge in [0.1, 0.15) is 19.8 Å². The number of unbranched alkanes of at least 4 members (excludes halogenated alkanes) is 8. The molecule has 1 unspecified atom stereocenters. The van der Waals surface area contributed by atoms with E-state index in [2.05, 4.69) is 111 Å². The molecule has 0 amide bonds. The molecule has 2 atom stereocenters. The van der Waals surface area contributed by atoms with E-state index >= 15 is 0 Å². The Morgan fingerprint density at radius 3 is 1.47 bits per heavy atom. The first kappa shape index (κ1) is 54.9. The number of phosphoric acid groups is 1. The zero-order valence-electron chi connectivity index (χ0n) is 37.0. The number of likely N-dealkylation sites (N-methyl/N-ethyl adjacent to an activating group) is 1. The summed E-state index contributed by atoms with van der Waals surface area (Å²) in [6.45, 7) is 4.16. The molecule has 0 fully saturated rings. The van der Waals surface area contributed by atoms with E-state index < -0.39 is 32.5 Å². The average molecular weight is 831 g/mol. The predicted octanol–water partition coefficient (Wildman–Crippen LogP) is 12.6. The zero-order valence-corrected chi connectivity index (χ0v) is 37.9. The molecular formula is C48H81NO8P+. The van der Waals surface area contributed by atoms with Crippen LogP contribution in [-0.2, 0) is 32.7 Å². The number of ether oxygens (including phenoxy) is 2. The molecule has 0 heterocycles. The number of rotatable bonds is 38. The molecule has 0 aromatic heterocycles. The highest BCUT2D eigenvalue weighted by molar-refractivity contribution is 7.47. The highest BCUT2D eigenvalue weighted by Gasteiger charge is 2.27. The lowest BCUT2D eigenvalue weighted by molar-refractivity contribution is -0.870. The van der Waals surface area contributed by atoms with Gasteiger partial charge in [0.05, 0.1) is 27.7 Å². The van der Waals surface area contributed by atoms with Gasteiger partial charge in [-0.2, -0.15) is 0 Å². The number of quaternary nitrogens is 1. The number of allylic oxidation sites excluding steroid dienone is 16. The van der Waals surface area contributed by atoms with E-state index in [4.69, 9.17) is 18.5 Å². The van der Waals surface area contributed by atoms with Crippen molar-refractivity contribution >= 4 is 19.8 Å². The van der Waals surface area contributed by atoms with Crippen molar-refractivity contribution in [3.8, 4) is 0 Å². The Morgan fingerprint density at radius 2 is 0.983 bits per heavy atom. The van der Waals surface area contributed by atoms with E-state index in [1.807, 2.05) is 21.1 Å². The molecular weight excluding hydrogens is 750 g/mol. The fourth-order valence-electron chi connectivity index (χ4n) is 5.16. The minimum atomic E-state index is -4.40. The monoisotopic (exact) mass is 831 g/mol. The predicted molar refractivity (Wildman–Crippen MR) is 242 cm³/mol. The quantitative estimate of drug-likeness (QED) is 0.0215. The van der Waals surface area contributed by atoms with Crippen LogP contribution in [0.2, 0.25) is 0 Å². The fraction of sp³-hybridized carbons (Fsp3) is 0.625. The molecule has 10 heteroatoms. The van der Waals surface area contributed by atoms with E-state index in [1.54, 1.807) is 0 Å². The lowest BCUT2D eigenvalue weighted by atomic mass is 10.1. The molecule has 0 aliphatic carbocycles. The lowest BCUT2D eigenvalue weighted by Gasteiger charge is -2.24. The van der Waals surface area contributed by atoms with Crippen molar-refractivity contribution in [1.29, 1.82) is 0 Å². The third kappa shape index (κ3) is 42.5. The van der Waals surface area contributed by atoms with Crippen LogP contribution in [0.15, 0.2) is 97.2 Å². The standard InChI is InChI=1S/C48H80NO8P/c1-6-8-10-12-14-16-18-20-22-23-24-25-27-29-31-33-35-37-39-41-48(51)57-46(45-56-58(52,53)55-43-42-49(3,4)5)44-54-47(50)40-38-36-34-32-30-28-26-21-19-17-15-13-11-9-7-2/h9,11,14-17,20-22,24-26,29-32,46H,6-8,10,12-13,18-19,23,27-28,33-45H2,1-5H3/p+1/b11-9-,16-14-,17-15-,22-20-,25-24-,26-21-,31-29-,32-30-/t46-/m1/s1. The molecule has 0 aromatic rings. The maximum Gasteiger partial charge on any atom is 0.472 e. The molecule has 330 valence electrons. The maximum atomic E-state index is 12.7. The van der Waals surface area contributed by atoms with Gasteiger partial charge in [-0.05, 0) is 96.3 Å². The number of hydrogen-bond donors (Lipinski definition) is 1. The molecule has 0 saturated heterocycles. The number of esters is 2. The van der Waals surface area contributed by atoms with Gasteiger partial charge < -0.3 is 18.9 Å². The fourth-order valence-corrected chi connectivity index (χ4v) is 5.90. The minimum absolute atomic E-state index is 0.0126. The van der Waals surface area contributed by atoms with Crippen LogP contribution in [0.4, 0.5) is 0 Å². The number of nitrogens with zero attached hydrogens (tertiary/aromatic N) is 1. The van der Waals surface area contributed by atoms with Crippen LogP contribution in [0.25, 0.3) is 0 Å². The molecule has 0 bridgehead atoms. The normalized spacial score (nSPS) is 14.5. The van der Waals surface area contributed by atoms with E-state index in [1.165, 1.54) is 25.7 Å². The van der Waals surface area contributed by atoms with Crippen LogP contribution in [0, 0.1) is 0 Å². The zero-order chi connectivity index (χ0) is 42.8. The topological polar surface area (TPSA) is 108 Å². The summed E-state index contributed by atoms with van der Waals surface area (Å²) >= 11 is 0. The van der Waals surface area contributed by atoms with Gasteiger partial charge in [-0.15, -0.1) is 0 Å². The Labute approximate surface area is 353 Å². The Hall–Kier alpha value is -3.07. The van der Waals surface area contributed by atoms with E-state index in [9.17, 15) is 19.0 Å². The van der Waals surface area contributed by atoms with Gasteiger partial charge in [0, 0.05) is 12.8 Å². The van der Waals surface area contributed by atoms with E-state index in [-0.39, 0.29) is 26.1 Å². The highest BCUT2D eigenvalue weighted by atomic mass is 31.2. The molecule has 0 rings (SSSR count). The Kier molecular flexibility index (Phi) is 37.3. The summed E-state index contributed by atoms with van der Waals surface area (Å²) < 4.78 is 34.2. The minimum Gasteiger partial charge on any atom is -0.462 e. The van der Waals surface area contributed by atoms with Crippen LogP contribution < -0.4 is 0 Å². The van der Waals surface area contributed by atoms with E-state index in [0.717, 1.165) is 77.0 Å². The van der Waals surface area contributed by atoms with Gasteiger partial charge in [-0.25, -0.2) is 4.57 Å². The molecule has 9 nitrogen and oxygen atoms in total. The summed E-state index contributed by atoms with van der Waals surface area (Å²) in [5, 5.41) is 0.